The van der Waals surface area contributed by atoms with Crippen molar-refractivity contribution in [3.63, 3.8) is 0 Å². The minimum absolute atomic E-state index is 0.188. The molecule has 1 aromatic heterocycles. The van der Waals surface area contributed by atoms with E-state index in [1.54, 1.807) is 0 Å². The summed E-state index contributed by atoms with van der Waals surface area (Å²) in [6.07, 6.45) is 4.53. The molecule has 0 amide bonds. The van der Waals surface area contributed by atoms with Gasteiger partial charge in [0.2, 0.25) is 0 Å². The van der Waals surface area contributed by atoms with E-state index in [1.807, 2.05) is 12.1 Å². The molecule has 4 rings (SSSR count). The molecule has 2 unspecified atom stereocenters. The van der Waals surface area contributed by atoms with E-state index in [1.165, 1.54) is 19.3 Å². The molecule has 0 aliphatic heterocycles. The van der Waals surface area contributed by atoms with Crippen LogP contribution in [0.15, 0.2) is 18.2 Å². The van der Waals surface area contributed by atoms with Crippen LogP contribution >= 0.6 is 0 Å². The van der Waals surface area contributed by atoms with E-state index in [-0.39, 0.29) is 11.8 Å². The van der Waals surface area contributed by atoms with Crippen LogP contribution in [0.1, 0.15) is 48.9 Å². The number of hydrogen-bond donors (Lipinski definition) is 2. The van der Waals surface area contributed by atoms with E-state index >= 15 is 0 Å². The van der Waals surface area contributed by atoms with Crippen molar-refractivity contribution in [3.8, 4) is 0 Å². The van der Waals surface area contributed by atoms with Crippen LogP contribution in [0.4, 0.5) is 0 Å². The Hall–Kier alpha value is -1.84. The summed E-state index contributed by atoms with van der Waals surface area (Å²) in [5, 5.41) is 8.99. The number of carboxylic acids is 1. The van der Waals surface area contributed by atoms with Gasteiger partial charge in [-0.3, -0.25) is 4.79 Å². The maximum absolute atomic E-state index is 10.9. The van der Waals surface area contributed by atoms with Gasteiger partial charge in [-0.25, -0.2) is 4.98 Å². The number of fused-ring (bicyclic) bond motifs is 1. The zero-order valence-corrected chi connectivity index (χ0v) is 10.6. The quantitative estimate of drug-likeness (QED) is 0.887. The van der Waals surface area contributed by atoms with Crippen molar-refractivity contribution in [2.75, 3.05) is 0 Å². The van der Waals surface area contributed by atoms with E-state index < -0.39 is 5.97 Å². The Morgan fingerprint density at radius 3 is 2.84 bits per heavy atom. The van der Waals surface area contributed by atoms with E-state index in [0.717, 1.165) is 28.8 Å². The summed E-state index contributed by atoms with van der Waals surface area (Å²) in [6.45, 7) is 0. The number of carboxylic acid groups (broad SMARTS) is 1. The summed E-state index contributed by atoms with van der Waals surface area (Å²) in [6, 6.07) is 6.13. The molecule has 4 heteroatoms. The number of benzene rings is 1. The molecule has 2 aromatic rings. The number of rotatable bonds is 3. The summed E-state index contributed by atoms with van der Waals surface area (Å²) >= 11 is 0. The zero-order chi connectivity index (χ0) is 13.0. The molecular weight excluding hydrogens is 240 g/mol. The van der Waals surface area contributed by atoms with Crippen molar-refractivity contribution < 1.29 is 9.90 Å². The lowest BCUT2D eigenvalue weighted by Gasteiger charge is -2.22. The molecule has 98 valence electrons. The molecule has 2 N–H and O–H groups in total. The largest absolute Gasteiger partial charge is 0.481 e. The average Bonchev–Trinajstić information content (AvgIpc) is 3.01. The van der Waals surface area contributed by atoms with Crippen molar-refractivity contribution in [1.82, 2.24) is 9.97 Å². The summed E-state index contributed by atoms with van der Waals surface area (Å²) < 4.78 is 0. The van der Waals surface area contributed by atoms with Crippen LogP contribution in [0.3, 0.4) is 0 Å². The third-order valence-electron chi connectivity index (χ3n) is 4.55. The maximum atomic E-state index is 10.9. The van der Waals surface area contributed by atoms with Gasteiger partial charge in [0.15, 0.2) is 0 Å². The Balaban J connectivity index is 1.65. The van der Waals surface area contributed by atoms with Crippen LogP contribution in [-0.2, 0) is 4.79 Å². The zero-order valence-electron chi connectivity index (χ0n) is 10.6. The number of carbonyl (C=O) groups is 1. The molecule has 0 bridgehead atoms. The number of nitrogens with zero attached hydrogens (tertiary/aromatic N) is 1. The van der Waals surface area contributed by atoms with E-state index in [0.29, 0.717) is 5.92 Å². The second kappa shape index (κ2) is 3.83. The van der Waals surface area contributed by atoms with Gasteiger partial charge < -0.3 is 10.1 Å². The lowest BCUT2D eigenvalue weighted by Crippen LogP contribution is -2.10. The molecule has 2 aliphatic carbocycles. The highest BCUT2D eigenvalue weighted by Gasteiger charge is 2.44. The Bertz CT molecular complexity index is 657. The van der Waals surface area contributed by atoms with Crippen LogP contribution in [0.2, 0.25) is 0 Å². The van der Waals surface area contributed by atoms with Crippen molar-refractivity contribution in [3.05, 3.63) is 29.6 Å². The third-order valence-corrected chi connectivity index (χ3v) is 4.55. The number of hydrogen-bond acceptors (Lipinski definition) is 2. The lowest BCUT2D eigenvalue weighted by atomic mass is 9.85. The van der Waals surface area contributed by atoms with Crippen LogP contribution in [0, 0.1) is 5.92 Å². The molecular formula is C15H16N2O2. The van der Waals surface area contributed by atoms with Gasteiger partial charge in [0.05, 0.1) is 17.0 Å². The van der Waals surface area contributed by atoms with E-state index in [9.17, 15) is 4.79 Å². The van der Waals surface area contributed by atoms with E-state index in [2.05, 4.69) is 16.0 Å². The second-order valence-electron chi connectivity index (χ2n) is 5.81. The predicted molar refractivity (Wildman–Crippen MR) is 71.2 cm³/mol. The number of nitrogens with one attached hydrogen (secondary N) is 1. The highest BCUT2D eigenvalue weighted by molar-refractivity contribution is 5.79. The number of aromatic amines is 1. The molecule has 0 spiro atoms. The maximum Gasteiger partial charge on any atom is 0.307 e. The van der Waals surface area contributed by atoms with Gasteiger partial charge in [0.25, 0.3) is 0 Å². The average molecular weight is 256 g/mol. The lowest BCUT2D eigenvalue weighted by molar-refractivity contribution is -0.138. The van der Waals surface area contributed by atoms with Gasteiger partial charge in [-0.1, -0.05) is 12.5 Å². The Morgan fingerprint density at radius 2 is 2.21 bits per heavy atom. The smallest absolute Gasteiger partial charge is 0.307 e. The van der Waals surface area contributed by atoms with Gasteiger partial charge in [0, 0.05) is 5.92 Å². The van der Waals surface area contributed by atoms with Crippen molar-refractivity contribution in [2.24, 2.45) is 5.92 Å². The van der Waals surface area contributed by atoms with Crippen LogP contribution < -0.4 is 0 Å². The number of aromatic nitrogens is 2. The SMILES string of the molecule is O=C(O)C1CC1c1ccc2nc(C3CCC3)[nH]c2c1. The minimum Gasteiger partial charge on any atom is -0.481 e. The molecule has 2 atom stereocenters. The van der Waals surface area contributed by atoms with Gasteiger partial charge >= 0.3 is 5.97 Å². The number of imidazole rings is 1. The highest BCUT2D eigenvalue weighted by atomic mass is 16.4. The Morgan fingerprint density at radius 1 is 1.37 bits per heavy atom. The normalized spacial score (nSPS) is 26.3. The summed E-state index contributed by atoms with van der Waals surface area (Å²) in [5.74, 6) is 1.03. The van der Waals surface area contributed by atoms with Gasteiger partial charge in [-0.05, 0) is 42.9 Å². The highest BCUT2D eigenvalue weighted by Crippen LogP contribution is 2.48. The first-order valence-electron chi connectivity index (χ1n) is 6.95. The van der Waals surface area contributed by atoms with Crippen molar-refractivity contribution >= 4 is 17.0 Å². The number of H-pyrrole nitrogens is 1. The second-order valence-corrected chi connectivity index (χ2v) is 5.81. The van der Waals surface area contributed by atoms with Crippen LogP contribution in [0.5, 0.6) is 0 Å². The molecule has 1 aromatic carbocycles. The molecule has 2 fully saturated rings. The summed E-state index contributed by atoms with van der Waals surface area (Å²) in [7, 11) is 0. The number of aliphatic carboxylic acids is 1. The molecule has 19 heavy (non-hydrogen) atoms. The fraction of sp³-hybridized carbons (Fsp3) is 0.467. The Labute approximate surface area is 110 Å². The van der Waals surface area contributed by atoms with Gasteiger partial charge in [-0.2, -0.15) is 0 Å². The third kappa shape index (κ3) is 1.74. The summed E-state index contributed by atoms with van der Waals surface area (Å²) in [5.41, 5.74) is 3.18. The molecule has 1 heterocycles. The molecule has 4 nitrogen and oxygen atoms in total. The van der Waals surface area contributed by atoms with Gasteiger partial charge in [-0.15, -0.1) is 0 Å². The fourth-order valence-electron chi connectivity index (χ4n) is 2.99. The first-order valence-corrected chi connectivity index (χ1v) is 6.95. The van der Waals surface area contributed by atoms with E-state index in [4.69, 9.17) is 5.11 Å². The molecule has 0 saturated heterocycles. The Kier molecular flexibility index (Phi) is 2.22. The fourth-order valence-corrected chi connectivity index (χ4v) is 2.99. The minimum atomic E-state index is -0.676. The van der Waals surface area contributed by atoms with Crippen molar-refractivity contribution in [2.45, 2.75) is 37.5 Å². The first-order chi connectivity index (χ1) is 9.22. The van der Waals surface area contributed by atoms with Crippen LogP contribution in [-0.4, -0.2) is 21.0 Å². The topological polar surface area (TPSA) is 66.0 Å². The van der Waals surface area contributed by atoms with Crippen LogP contribution in [0.25, 0.3) is 11.0 Å². The van der Waals surface area contributed by atoms with Crippen molar-refractivity contribution in [1.29, 1.82) is 0 Å². The standard InChI is InChI=1S/C15H16N2O2/c18-15(19)11-7-10(11)9-4-5-12-13(6-9)17-14(16-12)8-2-1-3-8/h4-6,8,10-11H,1-3,7H2,(H,16,17)(H,18,19). The summed E-state index contributed by atoms with van der Waals surface area (Å²) in [4.78, 5) is 19.0. The predicted octanol–water partition coefficient (Wildman–Crippen LogP) is 3.02. The first kappa shape index (κ1) is 11.0. The molecule has 0 radical (unpaired) electrons. The molecule has 2 aliphatic rings. The molecule has 2 saturated carbocycles. The monoisotopic (exact) mass is 256 g/mol. The van der Waals surface area contributed by atoms with Gasteiger partial charge in [0.1, 0.15) is 5.82 Å².